The van der Waals surface area contributed by atoms with Crippen molar-refractivity contribution >= 4 is 27.3 Å². The predicted octanol–water partition coefficient (Wildman–Crippen LogP) is 4.34. The van der Waals surface area contributed by atoms with Crippen LogP contribution < -0.4 is 9.62 Å². The Hall–Kier alpha value is -2.34. The lowest BCUT2D eigenvalue weighted by Crippen LogP contribution is -2.38. The van der Waals surface area contributed by atoms with Gasteiger partial charge in [0.25, 0.3) is 0 Å². The number of anilines is 2. The van der Waals surface area contributed by atoms with Gasteiger partial charge in [0.1, 0.15) is 6.54 Å². The summed E-state index contributed by atoms with van der Waals surface area (Å²) in [7, 11) is -3.62. The van der Waals surface area contributed by atoms with Crippen molar-refractivity contribution in [2.24, 2.45) is 0 Å². The number of sulfonamides is 1. The lowest BCUT2D eigenvalue weighted by molar-refractivity contribution is -0.114. The average Bonchev–Trinajstić information content (AvgIpc) is 2.59. The Morgan fingerprint density at radius 1 is 0.926 bits per heavy atom. The lowest BCUT2D eigenvalue weighted by Gasteiger charge is -2.26. The number of hydrogen-bond acceptors (Lipinski definition) is 3. The Morgan fingerprint density at radius 2 is 1.44 bits per heavy atom. The van der Waals surface area contributed by atoms with E-state index in [4.69, 9.17) is 0 Å². The van der Waals surface area contributed by atoms with Crippen molar-refractivity contribution in [3.8, 4) is 0 Å². The monoisotopic (exact) mass is 388 g/mol. The summed E-state index contributed by atoms with van der Waals surface area (Å²) in [6.45, 7) is 7.82. The summed E-state index contributed by atoms with van der Waals surface area (Å²) in [6, 6.07) is 14.9. The molecule has 0 aliphatic rings. The molecular formula is C21H28N2O3S. The second-order valence-electron chi connectivity index (χ2n) is 7.27. The van der Waals surface area contributed by atoms with Crippen LogP contribution in [0.15, 0.2) is 48.5 Å². The largest absolute Gasteiger partial charge is 0.324 e. The van der Waals surface area contributed by atoms with Crippen LogP contribution in [0.25, 0.3) is 0 Å². The van der Waals surface area contributed by atoms with Crippen molar-refractivity contribution in [2.75, 3.05) is 22.4 Å². The fraction of sp³-hybridized carbons (Fsp3) is 0.381. The molecule has 0 aliphatic heterocycles. The van der Waals surface area contributed by atoms with E-state index in [1.165, 1.54) is 4.31 Å². The van der Waals surface area contributed by atoms with E-state index in [2.05, 4.69) is 5.32 Å². The Bertz CT molecular complexity index is 905. The molecule has 0 aliphatic carbocycles. The molecule has 0 fully saturated rings. The van der Waals surface area contributed by atoms with E-state index in [1.54, 1.807) is 12.1 Å². The van der Waals surface area contributed by atoms with Gasteiger partial charge >= 0.3 is 0 Å². The van der Waals surface area contributed by atoms with Crippen molar-refractivity contribution < 1.29 is 13.2 Å². The molecule has 0 unspecified atom stereocenters. The molecule has 0 heterocycles. The summed E-state index contributed by atoms with van der Waals surface area (Å²) in [5, 5.41) is 2.87. The number of nitrogens with one attached hydrogen (secondary N) is 1. The van der Waals surface area contributed by atoms with Gasteiger partial charge in [-0.3, -0.25) is 9.10 Å². The van der Waals surface area contributed by atoms with Gasteiger partial charge in [0.2, 0.25) is 15.9 Å². The van der Waals surface area contributed by atoms with E-state index in [0.717, 1.165) is 17.4 Å². The van der Waals surface area contributed by atoms with Gasteiger partial charge < -0.3 is 5.32 Å². The van der Waals surface area contributed by atoms with Crippen LogP contribution in [0, 0.1) is 0 Å². The number of carbonyl (C=O) groups is 1. The summed E-state index contributed by atoms with van der Waals surface area (Å²) in [5.41, 5.74) is 3.16. The van der Waals surface area contributed by atoms with Crippen LogP contribution in [0.3, 0.4) is 0 Å². The average molecular weight is 389 g/mol. The zero-order valence-electron chi connectivity index (χ0n) is 16.6. The highest BCUT2D eigenvalue weighted by molar-refractivity contribution is 7.92. The van der Waals surface area contributed by atoms with Crippen molar-refractivity contribution in [3.63, 3.8) is 0 Å². The van der Waals surface area contributed by atoms with Gasteiger partial charge in [0, 0.05) is 5.69 Å². The third kappa shape index (κ3) is 5.32. The molecule has 0 saturated carbocycles. The molecule has 2 aromatic carbocycles. The lowest BCUT2D eigenvalue weighted by atomic mass is 10.0. The molecule has 5 nitrogen and oxygen atoms in total. The molecule has 1 N–H and O–H groups in total. The van der Waals surface area contributed by atoms with Gasteiger partial charge in [-0.15, -0.1) is 0 Å². The topological polar surface area (TPSA) is 66.5 Å². The van der Waals surface area contributed by atoms with Crippen molar-refractivity contribution in [1.29, 1.82) is 0 Å². The number of carbonyl (C=O) groups excluding carboxylic acids is 1. The van der Waals surface area contributed by atoms with Crippen LogP contribution in [0.4, 0.5) is 11.4 Å². The highest BCUT2D eigenvalue weighted by Gasteiger charge is 2.24. The zero-order valence-corrected chi connectivity index (χ0v) is 17.4. The van der Waals surface area contributed by atoms with Crippen LogP contribution >= 0.6 is 0 Å². The summed E-state index contributed by atoms with van der Waals surface area (Å²) in [6.07, 6.45) is 1.12. The van der Waals surface area contributed by atoms with Gasteiger partial charge in [-0.1, -0.05) is 64.1 Å². The molecule has 2 rings (SSSR count). The van der Waals surface area contributed by atoms with Crippen LogP contribution in [0.1, 0.15) is 50.7 Å². The fourth-order valence-electron chi connectivity index (χ4n) is 3.02. The smallest absolute Gasteiger partial charge is 0.245 e. The van der Waals surface area contributed by atoms with Gasteiger partial charge in [0.15, 0.2) is 0 Å². The van der Waals surface area contributed by atoms with E-state index in [-0.39, 0.29) is 24.3 Å². The van der Waals surface area contributed by atoms with E-state index in [9.17, 15) is 13.2 Å². The SMILES string of the molecule is CC(C)c1ccccc1NC(=O)CN(c1ccccc1C(C)C)S(C)(=O)=O. The highest BCUT2D eigenvalue weighted by atomic mass is 32.2. The molecule has 0 atom stereocenters. The molecule has 0 radical (unpaired) electrons. The number of para-hydroxylation sites is 2. The number of hydrogen-bond donors (Lipinski definition) is 1. The highest BCUT2D eigenvalue weighted by Crippen LogP contribution is 2.29. The first kappa shape index (κ1) is 21.0. The number of benzene rings is 2. The number of amides is 1. The minimum Gasteiger partial charge on any atom is -0.324 e. The van der Waals surface area contributed by atoms with Crippen molar-refractivity contribution in [3.05, 3.63) is 59.7 Å². The zero-order chi connectivity index (χ0) is 20.2. The molecule has 0 spiro atoms. The summed E-state index contributed by atoms with van der Waals surface area (Å²) in [4.78, 5) is 12.7. The van der Waals surface area contributed by atoms with Crippen molar-refractivity contribution in [1.82, 2.24) is 0 Å². The van der Waals surface area contributed by atoms with Crippen LogP contribution in [-0.4, -0.2) is 27.1 Å². The summed E-state index contributed by atoms with van der Waals surface area (Å²) >= 11 is 0. The molecule has 146 valence electrons. The molecule has 6 heteroatoms. The molecular weight excluding hydrogens is 360 g/mol. The first-order valence-electron chi connectivity index (χ1n) is 9.06. The molecule has 0 saturated heterocycles. The predicted molar refractivity (Wildman–Crippen MR) is 112 cm³/mol. The van der Waals surface area contributed by atoms with E-state index in [1.807, 2.05) is 64.1 Å². The van der Waals surface area contributed by atoms with Gasteiger partial charge in [-0.25, -0.2) is 8.42 Å². The second kappa shape index (κ2) is 8.57. The molecule has 1 amide bonds. The molecule has 27 heavy (non-hydrogen) atoms. The second-order valence-corrected chi connectivity index (χ2v) is 9.18. The normalized spacial score (nSPS) is 11.7. The van der Waals surface area contributed by atoms with Gasteiger partial charge in [-0.05, 0) is 35.1 Å². The minimum atomic E-state index is -3.62. The molecule has 0 aromatic heterocycles. The van der Waals surface area contributed by atoms with E-state index >= 15 is 0 Å². The maximum absolute atomic E-state index is 12.7. The van der Waals surface area contributed by atoms with Crippen molar-refractivity contribution in [2.45, 2.75) is 39.5 Å². The van der Waals surface area contributed by atoms with E-state index < -0.39 is 10.0 Å². The fourth-order valence-corrected chi connectivity index (χ4v) is 3.89. The third-order valence-corrected chi connectivity index (χ3v) is 5.50. The molecule has 0 bridgehead atoms. The standard InChI is InChI=1S/C21H28N2O3S/c1-15(2)17-10-6-8-12-19(17)22-21(24)14-23(27(5,25)26)20-13-9-7-11-18(20)16(3)4/h6-13,15-16H,14H2,1-5H3,(H,22,24). The Morgan fingerprint density at radius 3 is 2.00 bits per heavy atom. The maximum atomic E-state index is 12.7. The third-order valence-electron chi connectivity index (χ3n) is 4.37. The maximum Gasteiger partial charge on any atom is 0.245 e. The number of rotatable bonds is 7. The quantitative estimate of drug-likeness (QED) is 0.767. The van der Waals surface area contributed by atoms with Crippen LogP contribution in [0.5, 0.6) is 0 Å². The molecule has 2 aromatic rings. The Balaban J connectivity index is 2.33. The van der Waals surface area contributed by atoms with E-state index in [0.29, 0.717) is 11.4 Å². The minimum absolute atomic E-state index is 0.134. The van der Waals surface area contributed by atoms with Crippen LogP contribution in [0.2, 0.25) is 0 Å². The van der Waals surface area contributed by atoms with Crippen LogP contribution in [-0.2, 0) is 14.8 Å². The first-order valence-corrected chi connectivity index (χ1v) is 10.9. The first-order chi connectivity index (χ1) is 12.6. The summed E-state index contributed by atoms with van der Waals surface area (Å²) < 4.78 is 26.0. The number of nitrogens with zero attached hydrogens (tertiary/aromatic N) is 1. The van der Waals surface area contributed by atoms with Gasteiger partial charge in [0.05, 0.1) is 11.9 Å². The Kier molecular flexibility index (Phi) is 6.65. The Labute approximate surface area is 162 Å². The summed E-state index contributed by atoms with van der Waals surface area (Å²) in [5.74, 6) is 0.0106. The van der Waals surface area contributed by atoms with Gasteiger partial charge in [-0.2, -0.15) is 0 Å².